The Balaban J connectivity index is 1.63. The number of hydrogen-bond donors (Lipinski definition) is 1. The molecule has 0 saturated carbocycles. The van der Waals surface area contributed by atoms with Gasteiger partial charge in [0.1, 0.15) is 5.75 Å². The first-order chi connectivity index (χ1) is 10.8. The molecule has 3 heteroatoms. The molecule has 4 rings (SSSR count). The third-order valence-electron chi connectivity index (χ3n) is 5.39. The number of nitrogens with one attached hydrogen (secondary N) is 1. The van der Waals surface area contributed by atoms with Gasteiger partial charge in [0.15, 0.2) is 0 Å². The van der Waals surface area contributed by atoms with E-state index >= 15 is 0 Å². The zero-order chi connectivity index (χ0) is 14.9. The smallest absolute Gasteiger partial charge is 0.123 e. The second kappa shape index (κ2) is 5.90. The van der Waals surface area contributed by atoms with E-state index in [9.17, 15) is 0 Å². The summed E-state index contributed by atoms with van der Waals surface area (Å²) in [7, 11) is 1.78. The molecular weight excluding hydrogens is 272 g/mol. The van der Waals surface area contributed by atoms with Crippen LogP contribution in [0.5, 0.6) is 5.75 Å². The highest BCUT2D eigenvalue weighted by atomic mass is 16.5. The SMILES string of the molecule is COc1ccc2ccccc2c1CN1CCC2CNCC2C1. The van der Waals surface area contributed by atoms with Crippen LogP contribution in [0.2, 0.25) is 0 Å². The molecule has 2 fully saturated rings. The number of hydrogen-bond acceptors (Lipinski definition) is 3. The predicted octanol–water partition coefficient (Wildman–Crippen LogP) is 2.89. The van der Waals surface area contributed by atoms with Gasteiger partial charge in [-0.1, -0.05) is 30.3 Å². The van der Waals surface area contributed by atoms with Crippen molar-refractivity contribution in [3.05, 3.63) is 42.0 Å². The van der Waals surface area contributed by atoms with Gasteiger partial charge in [0.05, 0.1) is 7.11 Å². The van der Waals surface area contributed by atoms with Crippen molar-refractivity contribution in [2.45, 2.75) is 13.0 Å². The van der Waals surface area contributed by atoms with Crippen LogP contribution in [0.1, 0.15) is 12.0 Å². The summed E-state index contributed by atoms with van der Waals surface area (Å²) >= 11 is 0. The summed E-state index contributed by atoms with van der Waals surface area (Å²) in [5, 5.41) is 6.18. The van der Waals surface area contributed by atoms with E-state index in [4.69, 9.17) is 4.74 Å². The summed E-state index contributed by atoms with van der Waals surface area (Å²) in [4.78, 5) is 2.61. The molecule has 3 nitrogen and oxygen atoms in total. The first-order valence-electron chi connectivity index (χ1n) is 8.33. The van der Waals surface area contributed by atoms with Crippen molar-refractivity contribution in [2.24, 2.45) is 11.8 Å². The second-order valence-corrected chi connectivity index (χ2v) is 6.67. The van der Waals surface area contributed by atoms with Crippen LogP contribution in [-0.2, 0) is 6.54 Å². The van der Waals surface area contributed by atoms with Gasteiger partial charge in [0, 0.05) is 18.7 Å². The van der Waals surface area contributed by atoms with Crippen LogP contribution in [-0.4, -0.2) is 38.2 Å². The maximum absolute atomic E-state index is 5.64. The molecule has 2 aromatic carbocycles. The van der Waals surface area contributed by atoms with E-state index in [-0.39, 0.29) is 0 Å². The van der Waals surface area contributed by atoms with Gasteiger partial charge in [-0.2, -0.15) is 0 Å². The Hall–Kier alpha value is -1.58. The zero-order valence-electron chi connectivity index (χ0n) is 13.2. The monoisotopic (exact) mass is 296 g/mol. The molecule has 0 radical (unpaired) electrons. The fraction of sp³-hybridized carbons (Fsp3) is 0.474. The molecule has 1 N–H and O–H groups in total. The number of methoxy groups -OCH3 is 1. The van der Waals surface area contributed by atoms with Crippen molar-refractivity contribution in [1.82, 2.24) is 10.2 Å². The first kappa shape index (κ1) is 14.0. The minimum atomic E-state index is 0.828. The van der Waals surface area contributed by atoms with Crippen molar-refractivity contribution in [3.8, 4) is 5.75 Å². The maximum Gasteiger partial charge on any atom is 0.123 e. The molecule has 2 atom stereocenters. The van der Waals surface area contributed by atoms with E-state index in [1.165, 1.54) is 48.9 Å². The van der Waals surface area contributed by atoms with Gasteiger partial charge < -0.3 is 10.1 Å². The maximum atomic E-state index is 5.64. The number of likely N-dealkylation sites (tertiary alicyclic amines) is 1. The number of fused-ring (bicyclic) bond motifs is 2. The Morgan fingerprint density at radius 2 is 2.00 bits per heavy atom. The Labute approximate surface area is 132 Å². The van der Waals surface area contributed by atoms with Crippen LogP contribution in [0.15, 0.2) is 36.4 Å². The molecule has 0 amide bonds. The summed E-state index contributed by atoms with van der Waals surface area (Å²) in [6, 6.07) is 12.9. The Bertz CT molecular complexity index is 670. The van der Waals surface area contributed by atoms with E-state index in [1.54, 1.807) is 7.11 Å². The lowest BCUT2D eigenvalue weighted by molar-refractivity contribution is 0.141. The standard InChI is InChI=1S/C19H24N2O/c1-22-19-7-6-14-4-2-3-5-17(14)18(19)13-21-9-8-15-10-20-11-16(15)12-21/h2-7,15-16,20H,8-13H2,1H3. The summed E-state index contributed by atoms with van der Waals surface area (Å²) in [5.41, 5.74) is 1.34. The third kappa shape index (κ3) is 2.49. The Morgan fingerprint density at radius 3 is 2.91 bits per heavy atom. The summed E-state index contributed by atoms with van der Waals surface area (Å²) < 4.78 is 5.64. The summed E-state index contributed by atoms with van der Waals surface area (Å²) in [6.07, 6.45) is 1.32. The largest absolute Gasteiger partial charge is 0.496 e. The van der Waals surface area contributed by atoms with Gasteiger partial charge in [-0.25, -0.2) is 0 Å². The van der Waals surface area contributed by atoms with Crippen LogP contribution in [0.3, 0.4) is 0 Å². The van der Waals surface area contributed by atoms with Gasteiger partial charge in [0.2, 0.25) is 0 Å². The number of ether oxygens (including phenoxy) is 1. The lowest BCUT2D eigenvalue weighted by atomic mass is 9.88. The van der Waals surface area contributed by atoms with Crippen LogP contribution in [0.4, 0.5) is 0 Å². The Morgan fingerprint density at radius 1 is 1.14 bits per heavy atom. The highest BCUT2D eigenvalue weighted by molar-refractivity contribution is 5.87. The average Bonchev–Trinajstić information content (AvgIpc) is 3.03. The van der Waals surface area contributed by atoms with E-state index in [0.717, 1.165) is 24.1 Å². The third-order valence-corrected chi connectivity index (χ3v) is 5.39. The predicted molar refractivity (Wildman–Crippen MR) is 90.2 cm³/mol. The minimum absolute atomic E-state index is 0.828. The summed E-state index contributed by atoms with van der Waals surface area (Å²) in [5.74, 6) is 2.74. The highest BCUT2D eigenvalue weighted by Crippen LogP contribution is 2.32. The lowest BCUT2D eigenvalue weighted by Gasteiger charge is -2.35. The normalized spacial score (nSPS) is 25.3. The molecule has 0 spiro atoms. The minimum Gasteiger partial charge on any atom is -0.496 e. The molecule has 2 unspecified atom stereocenters. The van der Waals surface area contributed by atoms with Gasteiger partial charge in [-0.15, -0.1) is 0 Å². The zero-order valence-corrected chi connectivity index (χ0v) is 13.2. The van der Waals surface area contributed by atoms with Crippen molar-refractivity contribution >= 4 is 10.8 Å². The van der Waals surface area contributed by atoms with Crippen LogP contribution < -0.4 is 10.1 Å². The topological polar surface area (TPSA) is 24.5 Å². The molecule has 0 aliphatic carbocycles. The molecule has 0 bridgehead atoms. The number of rotatable bonds is 3. The Kier molecular flexibility index (Phi) is 3.77. The molecule has 2 aliphatic rings. The average molecular weight is 296 g/mol. The van der Waals surface area contributed by atoms with E-state index < -0.39 is 0 Å². The van der Waals surface area contributed by atoms with Gasteiger partial charge in [-0.05, 0) is 54.7 Å². The van der Waals surface area contributed by atoms with E-state index in [0.29, 0.717) is 0 Å². The number of piperidine rings is 1. The van der Waals surface area contributed by atoms with Crippen LogP contribution in [0.25, 0.3) is 10.8 Å². The molecular formula is C19H24N2O. The molecule has 2 heterocycles. The van der Waals surface area contributed by atoms with Crippen LogP contribution in [0, 0.1) is 11.8 Å². The van der Waals surface area contributed by atoms with E-state index in [1.807, 2.05) is 0 Å². The number of nitrogens with zero attached hydrogens (tertiary/aromatic N) is 1. The van der Waals surface area contributed by atoms with Crippen molar-refractivity contribution in [3.63, 3.8) is 0 Å². The quantitative estimate of drug-likeness (QED) is 0.942. The molecule has 2 saturated heterocycles. The van der Waals surface area contributed by atoms with Crippen molar-refractivity contribution < 1.29 is 4.74 Å². The van der Waals surface area contributed by atoms with Gasteiger partial charge >= 0.3 is 0 Å². The summed E-state index contributed by atoms with van der Waals surface area (Å²) in [6.45, 7) is 5.82. The van der Waals surface area contributed by atoms with E-state index in [2.05, 4.69) is 46.6 Å². The fourth-order valence-corrected chi connectivity index (χ4v) is 4.15. The molecule has 116 valence electrons. The van der Waals surface area contributed by atoms with Gasteiger partial charge in [-0.3, -0.25) is 4.90 Å². The second-order valence-electron chi connectivity index (χ2n) is 6.67. The highest BCUT2D eigenvalue weighted by Gasteiger charge is 2.32. The lowest BCUT2D eigenvalue weighted by Crippen LogP contribution is -2.39. The first-order valence-corrected chi connectivity index (χ1v) is 8.33. The van der Waals surface area contributed by atoms with Crippen molar-refractivity contribution in [1.29, 1.82) is 0 Å². The molecule has 2 aromatic rings. The molecule has 0 aromatic heterocycles. The van der Waals surface area contributed by atoms with Crippen LogP contribution >= 0.6 is 0 Å². The molecule has 2 aliphatic heterocycles. The fourth-order valence-electron chi connectivity index (χ4n) is 4.15. The van der Waals surface area contributed by atoms with Gasteiger partial charge in [0.25, 0.3) is 0 Å². The van der Waals surface area contributed by atoms with Crippen molar-refractivity contribution in [2.75, 3.05) is 33.3 Å². The number of benzene rings is 2. The molecule has 22 heavy (non-hydrogen) atoms.